The van der Waals surface area contributed by atoms with Gasteiger partial charge in [-0.25, -0.2) is 9.97 Å². The number of nitrogens with one attached hydrogen (secondary N) is 1. The van der Waals surface area contributed by atoms with Crippen LogP contribution in [0.2, 0.25) is 0 Å². The summed E-state index contributed by atoms with van der Waals surface area (Å²) in [4.78, 5) is 8.87. The zero-order valence-corrected chi connectivity index (χ0v) is 17.1. The Hall–Kier alpha value is -2.18. The fourth-order valence-electron chi connectivity index (χ4n) is 3.96. The van der Waals surface area contributed by atoms with Crippen LogP contribution in [-0.4, -0.2) is 35.8 Å². The van der Waals surface area contributed by atoms with Gasteiger partial charge in [-0.1, -0.05) is 6.42 Å². The summed E-state index contributed by atoms with van der Waals surface area (Å²) < 4.78 is 6.18. The van der Waals surface area contributed by atoms with Crippen LogP contribution in [0, 0.1) is 19.8 Å². The third-order valence-corrected chi connectivity index (χ3v) is 5.24. The standard InChI is InChI=1S/C22H33N5O/c1-15-8-18(26-21(23)10-15)6-4-3-5-7-28-20-14-25-13-17(20)12-19-9-16(2)11-22(24)27-19/h8-11,17,20,25H,3-7,12-14H2,1-2H3,(H2,23,26)(H2,24,27)/t17-,20+/m1/s1. The van der Waals surface area contributed by atoms with Crippen LogP contribution in [0.5, 0.6) is 0 Å². The molecular formula is C22H33N5O. The SMILES string of the molecule is Cc1cc(N)nc(CCCCCO[C@H]2CNC[C@H]2Cc2cc(C)cc(N)n2)c1. The number of pyridine rings is 2. The zero-order chi connectivity index (χ0) is 19.9. The Morgan fingerprint density at radius 3 is 2.32 bits per heavy atom. The van der Waals surface area contributed by atoms with Crippen molar-refractivity contribution in [2.75, 3.05) is 31.2 Å². The number of anilines is 2. The summed E-state index contributed by atoms with van der Waals surface area (Å²) in [5.41, 5.74) is 16.2. The normalized spacial score (nSPS) is 19.2. The van der Waals surface area contributed by atoms with E-state index in [0.29, 0.717) is 17.6 Å². The predicted octanol–water partition coefficient (Wildman–Crippen LogP) is 2.82. The summed E-state index contributed by atoms with van der Waals surface area (Å²) in [5.74, 6) is 1.67. The van der Waals surface area contributed by atoms with Crippen molar-refractivity contribution in [2.24, 2.45) is 5.92 Å². The van der Waals surface area contributed by atoms with Gasteiger partial charge in [-0.2, -0.15) is 0 Å². The van der Waals surface area contributed by atoms with Crippen LogP contribution < -0.4 is 16.8 Å². The van der Waals surface area contributed by atoms with Crippen molar-refractivity contribution in [1.29, 1.82) is 0 Å². The number of hydrogen-bond acceptors (Lipinski definition) is 6. The molecule has 1 aliphatic heterocycles. The number of aryl methyl sites for hydroxylation is 3. The first-order valence-electron chi connectivity index (χ1n) is 10.3. The van der Waals surface area contributed by atoms with E-state index in [1.54, 1.807) is 0 Å². The van der Waals surface area contributed by atoms with Crippen LogP contribution in [0.15, 0.2) is 24.3 Å². The van der Waals surface area contributed by atoms with Crippen LogP contribution in [0.1, 0.15) is 41.8 Å². The molecule has 0 aromatic carbocycles. The van der Waals surface area contributed by atoms with E-state index in [4.69, 9.17) is 16.2 Å². The Kier molecular flexibility index (Phi) is 7.23. The van der Waals surface area contributed by atoms with E-state index in [-0.39, 0.29) is 6.10 Å². The summed E-state index contributed by atoms with van der Waals surface area (Å²) >= 11 is 0. The third kappa shape index (κ3) is 6.17. The van der Waals surface area contributed by atoms with E-state index >= 15 is 0 Å². The number of unbranched alkanes of at least 4 members (excludes halogenated alkanes) is 2. The lowest BCUT2D eigenvalue weighted by Gasteiger charge is -2.19. The average molecular weight is 384 g/mol. The summed E-state index contributed by atoms with van der Waals surface area (Å²) in [6.45, 7) is 6.81. The van der Waals surface area contributed by atoms with Crippen LogP contribution in [0.3, 0.4) is 0 Å². The molecule has 3 rings (SSSR count). The highest BCUT2D eigenvalue weighted by Crippen LogP contribution is 2.20. The van der Waals surface area contributed by atoms with E-state index in [0.717, 1.165) is 68.8 Å². The predicted molar refractivity (Wildman–Crippen MR) is 114 cm³/mol. The maximum atomic E-state index is 6.18. The second-order valence-electron chi connectivity index (χ2n) is 7.96. The zero-order valence-electron chi connectivity index (χ0n) is 17.1. The molecule has 1 aliphatic rings. The molecule has 0 amide bonds. The number of aromatic nitrogens is 2. The Labute approximate surface area is 168 Å². The highest BCUT2D eigenvalue weighted by Gasteiger charge is 2.28. The van der Waals surface area contributed by atoms with Crippen LogP contribution in [-0.2, 0) is 17.6 Å². The molecule has 2 atom stereocenters. The van der Waals surface area contributed by atoms with Gasteiger partial charge in [-0.15, -0.1) is 0 Å². The van der Waals surface area contributed by atoms with Crippen LogP contribution in [0.25, 0.3) is 0 Å². The quantitative estimate of drug-likeness (QED) is 0.576. The number of hydrogen-bond donors (Lipinski definition) is 3. The number of nitrogen functional groups attached to an aromatic ring is 2. The molecule has 6 heteroatoms. The third-order valence-electron chi connectivity index (χ3n) is 5.24. The molecule has 0 bridgehead atoms. The monoisotopic (exact) mass is 383 g/mol. The van der Waals surface area contributed by atoms with E-state index < -0.39 is 0 Å². The molecule has 0 saturated carbocycles. The van der Waals surface area contributed by atoms with Crippen LogP contribution >= 0.6 is 0 Å². The van der Waals surface area contributed by atoms with Crippen molar-refractivity contribution in [1.82, 2.24) is 15.3 Å². The average Bonchev–Trinajstić information content (AvgIpc) is 3.03. The minimum absolute atomic E-state index is 0.252. The molecule has 0 unspecified atom stereocenters. The number of nitrogens with zero attached hydrogens (tertiary/aromatic N) is 2. The molecule has 2 aromatic heterocycles. The fraction of sp³-hybridized carbons (Fsp3) is 0.545. The van der Waals surface area contributed by atoms with Crippen molar-refractivity contribution >= 4 is 11.6 Å². The van der Waals surface area contributed by atoms with Crippen molar-refractivity contribution < 1.29 is 4.74 Å². The smallest absolute Gasteiger partial charge is 0.123 e. The molecule has 2 aromatic rings. The lowest BCUT2D eigenvalue weighted by Crippen LogP contribution is -2.25. The first-order valence-corrected chi connectivity index (χ1v) is 10.3. The van der Waals surface area contributed by atoms with E-state index in [9.17, 15) is 0 Å². The molecule has 0 aliphatic carbocycles. The maximum absolute atomic E-state index is 6.18. The molecule has 6 nitrogen and oxygen atoms in total. The van der Waals surface area contributed by atoms with Gasteiger partial charge in [0.2, 0.25) is 0 Å². The van der Waals surface area contributed by atoms with Gasteiger partial charge in [0.1, 0.15) is 11.6 Å². The Bertz CT molecular complexity index is 739. The van der Waals surface area contributed by atoms with Gasteiger partial charge in [0.15, 0.2) is 0 Å². The molecule has 5 N–H and O–H groups in total. The molecular weight excluding hydrogens is 350 g/mol. The highest BCUT2D eigenvalue weighted by atomic mass is 16.5. The summed E-state index contributed by atoms with van der Waals surface area (Å²) in [6, 6.07) is 8.06. The molecule has 0 radical (unpaired) electrons. The second kappa shape index (κ2) is 9.85. The molecule has 0 spiro atoms. The highest BCUT2D eigenvalue weighted by molar-refractivity contribution is 5.35. The molecule has 1 fully saturated rings. The molecule has 28 heavy (non-hydrogen) atoms. The van der Waals surface area contributed by atoms with Gasteiger partial charge in [0, 0.05) is 37.0 Å². The molecule has 152 valence electrons. The van der Waals surface area contributed by atoms with Gasteiger partial charge in [0.25, 0.3) is 0 Å². The largest absolute Gasteiger partial charge is 0.384 e. The van der Waals surface area contributed by atoms with Crippen molar-refractivity contribution in [2.45, 2.75) is 52.1 Å². The summed E-state index contributed by atoms with van der Waals surface area (Å²) in [5, 5.41) is 3.45. The topological polar surface area (TPSA) is 99.1 Å². The minimum Gasteiger partial charge on any atom is -0.384 e. The number of ether oxygens (including phenoxy) is 1. The van der Waals surface area contributed by atoms with Gasteiger partial charge in [-0.3, -0.25) is 0 Å². The summed E-state index contributed by atoms with van der Waals surface area (Å²) in [6.07, 6.45) is 5.44. The minimum atomic E-state index is 0.252. The maximum Gasteiger partial charge on any atom is 0.123 e. The van der Waals surface area contributed by atoms with Crippen molar-refractivity contribution in [3.05, 3.63) is 46.8 Å². The first kappa shape index (κ1) is 20.6. The van der Waals surface area contributed by atoms with Crippen molar-refractivity contribution in [3.63, 3.8) is 0 Å². The van der Waals surface area contributed by atoms with Gasteiger partial charge < -0.3 is 21.5 Å². The lowest BCUT2D eigenvalue weighted by atomic mass is 9.99. The summed E-state index contributed by atoms with van der Waals surface area (Å²) in [7, 11) is 0. The lowest BCUT2D eigenvalue weighted by molar-refractivity contribution is 0.0354. The molecule has 3 heterocycles. The van der Waals surface area contributed by atoms with Crippen LogP contribution in [0.4, 0.5) is 11.6 Å². The Morgan fingerprint density at radius 1 is 0.929 bits per heavy atom. The van der Waals surface area contributed by atoms with Gasteiger partial charge in [0.05, 0.1) is 6.10 Å². The van der Waals surface area contributed by atoms with Gasteiger partial charge in [-0.05, 0) is 74.9 Å². The van der Waals surface area contributed by atoms with Gasteiger partial charge >= 0.3 is 0 Å². The number of nitrogens with two attached hydrogens (primary N) is 2. The second-order valence-corrected chi connectivity index (χ2v) is 7.96. The van der Waals surface area contributed by atoms with E-state index in [1.165, 1.54) is 5.56 Å². The Morgan fingerprint density at radius 2 is 1.61 bits per heavy atom. The van der Waals surface area contributed by atoms with Crippen molar-refractivity contribution in [3.8, 4) is 0 Å². The van der Waals surface area contributed by atoms with E-state index in [2.05, 4.69) is 41.3 Å². The Balaban J connectivity index is 1.37. The molecule has 1 saturated heterocycles. The van der Waals surface area contributed by atoms with E-state index in [1.807, 2.05) is 12.1 Å². The first-order chi connectivity index (χ1) is 13.5. The number of rotatable bonds is 9. The fourth-order valence-corrected chi connectivity index (χ4v) is 3.96.